The van der Waals surface area contributed by atoms with Crippen LogP contribution in [-0.2, 0) is 136 Å². The molecular weight excluding hydrogens is 1230 g/mol. The average molecular weight is 1290 g/mol. The number of aliphatic hydroxyl groups excluding tert-OH is 5. The molecule has 0 aliphatic carbocycles. The largest absolute Gasteiger partial charge is 0.479 e. The van der Waals surface area contributed by atoms with E-state index in [1.54, 1.807) is 0 Å². The molecule has 79 heavy (non-hydrogen) atoms. The first-order valence-electron chi connectivity index (χ1n) is 21.2. The number of nitrogens with one attached hydrogen (secondary N) is 3. The summed E-state index contributed by atoms with van der Waals surface area (Å²) in [6.07, 6.45) is -41.2. The van der Waals surface area contributed by atoms with Gasteiger partial charge in [-0.25, -0.2) is 21.5 Å². The van der Waals surface area contributed by atoms with Gasteiger partial charge in [0.1, 0.15) is 85.8 Å². The Morgan fingerprint density at radius 3 is 1.38 bits per heavy atom. The molecule has 43 nitrogen and oxygen atoms in total. The molecular formula is C30H53N3O40S6. The second kappa shape index (κ2) is 28.0. The summed E-state index contributed by atoms with van der Waals surface area (Å²) in [5.41, 5.74) is 0. The maximum atomic E-state index is 13.0. The highest BCUT2D eigenvalue weighted by molar-refractivity contribution is 7.84. The van der Waals surface area contributed by atoms with Gasteiger partial charge in [0, 0.05) is 20.8 Å². The molecule has 0 spiro atoms. The molecule has 20 atom stereocenters. The zero-order valence-electron chi connectivity index (χ0n) is 39.5. The lowest BCUT2D eigenvalue weighted by Gasteiger charge is -2.47. The molecule has 0 bridgehead atoms. The predicted molar refractivity (Wildman–Crippen MR) is 234 cm³/mol. The van der Waals surface area contributed by atoms with Crippen LogP contribution in [0.15, 0.2) is 0 Å². The number of carbonyl (C=O) groups is 2. The Hall–Kier alpha value is -2.44. The summed E-state index contributed by atoms with van der Waals surface area (Å²) >= 11 is 0. The Labute approximate surface area is 446 Å². The molecule has 0 saturated carbocycles. The Bertz CT molecular complexity index is 2740. The van der Waals surface area contributed by atoms with E-state index in [1.165, 1.54) is 9.44 Å². The third-order valence-electron chi connectivity index (χ3n) is 10.9. The highest BCUT2D eigenvalue weighted by Gasteiger charge is 2.57. The van der Waals surface area contributed by atoms with E-state index in [-0.39, 0.29) is 0 Å². The summed E-state index contributed by atoms with van der Waals surface area (Å²) < 4.78 is 270. The SMILES string of the molecule is CO[C@@H]1O[C@@H](C(=O)O)[C@@H](O[C@H]2O[C@H](COS(=O)(=O)O)[C@@H](OCC(=O)NCCO[C@@H]3O[C@@H](CO)[C@@H](O[C@H]4O[C@H](COS(=O)(=O)O)[C@@H](OC)[C@H](O)[C@H]4NS(=O)(=O)O)[C@H](O)[C@H]3OS(=O)(=O)O)[C@H](O)[C@H]2NS(=O)(=O)O)[C@H](O)[C@H]1OS(=O)(=O)O. The molecule has 49 heteroatoms. The van der Waals surface area contributed by atoms with Crippen LogP contribution < -0.4 is 14.8 Å². The monoisotopic (exact) mass is 1290 g/mol. The second-order valence-electron chi connectivity index (χ2n) is 16.3. The molecule has 4 aliphatic rings. The van der Waals surface area contributed by atoms with E-state index < -0.39 is 236 Å². The first-order valence-corrected chi connectivity index (χ1v) is 29.6. The van der Waals surface area contributed by atoms with Crippen molar-refractivity contribution < 1.29 is 182 Å². The minimum atomic E-state index is -5.64. The third kappa shape index (κ3) is 21.0. The molecule has 0 unspecified atom stereocenters. The Kier molecular flexibility index (Phi) is 24.4. The van der Waals surface area contributed by atoms with Crippen LogP contribution in [0, 0.1) is 0 Å². The Morgan fingerprint density at radius 1 is 0.506 bits per heavy atom. The van der Waals surface area contributed by atoms with Crippen LogP contribution in [0.25, 0.3) is 0 Å². The number of carboxylic acid groups (broad SMARTS) is 1. The van der Waals surface area contributed by atoms with Crippen molar-refractivity contribution in [3.05, 3.63) is 0 Å². The predicted octanol–water partition coefficient (Wildman–Crippen LogP) is -11.1. The van der Waals surface area contributed by atoms with E-state index in [4.69, 9.17) is 51.9 Å². The summed E-state index contributed by atoms with van der Waals surface area (Å²) in [6, 6.07) is -4.67. The molecule has 1 amide bonds. The maximum Gasteiger partial charge on any atom is 0.397 e. The van der Waals surface area contributed by atoms with Crippen LogP contribution in [0.4, 0.5) is 0 Å². The third-order valence-corrected chi connectivity index (χ3v) is 13.8. The number of carboxylic acids is 1. The van der Waals surface area contributed by atoms with Crippen molar-refractivity contribution in [3.63, 3.8) is 0 Å². The summed E-state index contributed by atoms with van der Waals surface area (Å²) in [5, 5.41) is 66.9. The van der Waals surface area contributed by atoms with Crippen molar-refractivity contribution in [2.75, 3.05) is 53.8 Å². The topological polar surface area (TPSA) is 647 Å². The van der Waals surface area contributed by atoms with Crippen LogP contribution in [0.2, 0.25) is 0 Å². The van der Waals surface area contributed by atoms with Crippen LogP contribution in [0.1, 0.15) is 0 Å². The van der Waals surface area contributed by atoms with Gasteiger partial charge >= 0.3 is 68.2 Å². The lowest BCUT2D eigenvalue weighted by molar-refractivity contribution is -0.343. The van der Waals surface area contributed by atoms with Crippen molar-refractivity contribution in [2.45, 2.75) is 123 Å². The molecule has 15 N–H and O–H groups in total. The van der Waals surface area contributed by atoms with Crippen molar-refractivity contribution in [3.8, 4) is 0 Å². The lowest BCUT2D eigenvalue weighted by Crippen LogP contribution is -2.68. The molecule has 0 radical (unpaired) electrons. The van der Waals surface area contributed by atoms with Gasteiger partial charge in [-0.3, -0.25) is 32.1 Å². The van der Waals surface area contributed by atoms with E-state index >= 15 is 0 Å². The lowest BCUT2D eigenvalue weighted by atomic mass is 9.95. The number of aliphatic carboxylic acids is 1. The van der Waals surface area contributed by atoms with Gasteiger partial charge in [-0.2, -0.15) is 60.0 Å². The fourth-order valence-electron chi connectivity index (χ4n) is 7.83. The van der Waals surface area contributed by atoms with Gasteiger partial charge in [-0.1, -0.05) is 0 Å². The Balaban J connectivity index is 1.51. The van der Waals surface area contributed by atoms with Gasteiger partial charge < -0.3 is 83.3 Å². The highest BCUT2D eigenvalue weighted by Crippen LogP contribution is 2.35. The highest BCUT2D eigenvalue weighted by atomic mass is 32.3. The van der Waals surface area contributed by atoms with Crippen molar-refractivity contribution in [1.82, 2.24) is 14.8 Å². The second-order valence-corrected chi connectivity index (χ2v) is 23.0. The number of hydrogen-bond acceptors (Lipinski definition) is 33. The Morgan fingerprint density at radius 2 is 0.949 bits per heavy atom. The summed E-state index contributed by atoms with van der Waals surface area (Å²) in [4.78, 5) is 25.2. The van der Waals surface area contributed by atoms with Gasteiger partial charge in [-0.15, -0.1) is 0 Å². The average Bonchev–Trinajstić information content (AvgIpc) is 3.31. The first-order chi connectivity index (χ1) is 36.2. The number of methoxy groups -OCH3 is 2. The number of ether oxygens (including phenoxy) is 10. The van der Waals surface area contributed by atoms with Gasteiger partial charge in [-0.05, 0) is 0 Å². The van der Waals surface area contributed by atoms with Crippen molar-refractivity contribution in [1.29, 1.82) is 0 Å². The number of aliphatic hydroxyl groups is 5. The van der Waals surface area contributed by atoms with Crippen LogP contribution in [0.5, 0.6) is 0 Å². The number of rotatable bonds is 29. The zero-order valence-corrected chi connectivity index (χ0v) is 44.4. The van der Waals surface area contributed by atoms with Gasteiger partial charge in [0.05, 0.1) is 26.4 Å². The van der Waals surface area contributed by atoms with E-state index in [1.807, 2.05) is 0 Å². The molecule has 0 aromatic heterocycles. The van der Waals surface area contributed by atoms with Gasteiger partial charge in [0.15, 0.2) is 43.5 Å². The quantitative estimate of drug-likeness (QED) is 0.0244. The molecule has 4 heterocycles. The van der Waals surface area contributed by atoms with Gasteiger partial charge in [0.25, 0.3) is 0 Å². The van der Waals surface area contributed by atoms with Crippen molar-refractivity contribution in [2.24, 2.45) is 0 Å². The minimum Gasteiger partial charge on any atom is -0.479 e. The van der Waals surface area contributed by atoms with E-state index in [0.29, 0.717) is 0 Å². The van der Waals surface area contributed by atoms with Crippen LogP contribution in [-0.4, -0.2) is 297 Å². The molecule has 464 valence electrons. The fraction of sp³-hybridized carbons (Fsp3) is 0.933. The van der Waals surface area contributed by atoms with Crippen LogP contribution >= 0.6 is 0 Å². The molecule has 4 rings (SSSR count). The van der Waals surface area contributed by atoms with E-state index in [9.17, 15) is 113 Å². The van der Waals surface area contributed by atoms with Gasteiger partial charge in [0.2, 0.25) is 5.91 Å². The fourth-order valence-corrected chi connectivity index (χ4v) is 10.6. The van der Waals surface area contributed by atoms with Crippen LogP contribution in [0.3, 0.4) is 0 Å². The minimum absolute atomic E-state index is 0.727. The maximum absolute atomic E-state index is 13.0. The molecule has 0 aromatic rings. The molecule has 4 aliphatic heterocycles. The molecule has 4 saturated heterocycles. The smallest absolute Gasteiger partial charge is 0.397 e. The van der Waals surface area contributed by atoms with E-state index in [2.05, 4.69) is 22.0 Å². The molecule has 0 aromatic carbocycles. The standard InChI is InChI=1S/C30H53N3O40S6/c1-60-19-10(6-64-76(48,49)50)67-27(13(15(19)36)32-74(42,43)44)69-21-9(5-34)66-30(24(17(21)38)73-79(57,58)59)62-4-3-31-12(35)8-63-20-11(7-65-77(51,52)53)68-28(14(16(20)37)33-75(45,46)47)70-22-18(39)23(72-78(54,55)56)29(61-2)71-25(22)26(40)41/h9-11,13-25,27-30,32-34,36-39H,3-8H2,1-2H3,(H,31,35)(H,40,41)(H,42,43,44)(H,45,46,47)(H,48,49,50)(H,51,52,53)(H,54,55,56)(H,57,58,59)/t9-,10+,11+,13+,14+,15+,16+,17-,18-,19+,20+,21+,22-,23+,24+,25+,27+,28+,29+,30+/m0/s1. The number of hydrogen-bond donors (Lipinski definition) is 15. The summed E-state index contributed by atoms with van der Waals surface area (Å²) in [6.45, 7) is -6.76. The van der Waals surface area contributed by atoms with Crippen molar-refractivity contribution >= 4 is 74.1 Å². The zero-order chi connectivity index (χ0) is 60.0. The first kappa shape index (κ1) is 69.1. The number of amides is 1. The number of carbonyl (C=O) groups excluding carboxylic acids is 1. The van der Waals surface area contributed by atoms with E-state index in [0.717, 1.165) is 14.2 Å². The summed E-state index contributed by atoms with van der Waals surface area (Å²) in [7, 11) is -31.0. The summed E-state index contributed by atoms with van der Waals surface area (Å²) in [5.74, 6) is -3.28. The molecule has 4 fully saturated rings. The normalized spacial score (nSPS) is 36.4.